The molecule has 1 aromatic heterocycles. The van der Waals surface area contributed by atoms with Crippen LogP contribution in [0.3, 0.4) is 0 Å². The lowest BCUT2D eigenvalue weighted by atomic mass is 10.5. The summed E-state index contributed by atoms with van der Waals surface area (Å²) in [6.45, 7) is 1.71. The van der Waals surface area contributed by atoms with Crippen molar-refractivity contribution in [2.24, 2.45) is 0 Å². The third-order valence-corrected chi connectivity index (χ3v) is 1.90. The fourth-order valence-electron chi connectivity index (χ4n) is 0.337. The van der Waals surface area contributed by atoms with Gasteiger partial charge >= 0.3 is 0 Å². The van der Waals surface area contributed by atoms with Crippen LogP contribution in [0.15, 0.2) is 0 Å². The summed E-state index contributed by atoms with van der Waals surface area (Å²) in [6.07, 6.45) is 0. The second-order valence-electron chi connectivity index (χ2n) is 1.39. The summed E-state index contributed by atoms with van der Waals surface area (Å²) in [5.74, 6) is 0.108. The third kappa shape index (κ3) is 0.788. The molecular weight excluding hydrogens is 146 g/mol. The molecule has 0 aliphatic heterocycles. The van der Waals surface area contributed by atoms with Gasteiger partial charge in [-0.05, 0) is 18.5 Å². The Morgan fingerprint density at radius 3 is 2.50 bits per heavy atom. The summed E-state index contributed by atoms with van der Waals surface area (Å²) < 4.78 is 4.14. The Hall–Kier alpha value is -0.280. The van der Waals surface area contributed by atoms with Crippen molar-refractivity contribution in [1.29, 1.82) is 0 Å². The van der Waals surface area contributed by atoms with Crippen LogP contribution in [-0.4, -0.2) is 9.48 Å². The van der Waals surface area contributed by atoms with E-state index < -0.39 is 0 Å². The second-order valence-corrected chi connectivity index (χ2v) is 2.77. The molecule has 0 amide bonds. The van der Waals surface area contributed by atoms with Crippen LogP contribution in [0.2, 0.25) is 4.34 Å². The van der Waals surface area contributed by atoms with E-state index in [9.17, 15) is 0 Å². The highest BCUT2D eigenvalue weighted by Gasteiger charge is 2.03. The Morgan fingerprint density at radius 2 is 2.38 bits per heavy atom. The molecular formula is C4H4ClNOS. The summed E-state index contributed by atoms with van der Waals surface area (Å²) in [5.41, 5.74) is 0.597. The topological polar surface area (TPSA) is 33.1 Å². The average Bonchev–Trinajstić information content (AvgIpc) is 1.98. The number of aromatic hydroxyl groups is 1. The molecule has 44 valence electrons. The van der Waals surface area contributed by atoms with Crippen LogP contribution in [-0.2, 0) is 0 Å². The van der Waals surface area contributed by atoms with Gasteiger partial charge in [0.2, 0.25) is 0 Å². The van der Waals surface area contributed by atoms with Gasteiger partial charge in [-0.3, -0.25) is 0 Å². The summed E-state index contributed by atoms with van der Waals surface area (Å²) in [4.78, 5) is 0. The van der Waals surface area contributed by atoms with Crippen molar-refractivity contribution in [1.82, 2.24) is 4.37 Å². The highest BCUT2D eigenvalue weighted by Crippen LogP contribution is 2.29. The van der Waals surface area contributed by atoms with Crippen molar-refractivity contribution in [3.63, 3.8) is 0 Å². The molecule has 8 heavy (non-hydrogen) atoms. The minimum absolute atomic E-state index is 0.108. The van der Waals surface area contributed by atoms with Gasteiger partial charge in [-0.15, -0.1) is 0 Å². The first-order chi connectivity index (χ1) is 3.72. The first-order valence-corrected chi connectivity index (χ1v) is 3.17. The smallest absolute Gasteiger partial charge is 0.168 e. The molecule has 0 bridgehead atoms. The van der Waals surface area contributed by atoms with Crippen LogP contribution in [0.1, 0.15) is 5.69 Å². The van der Waals surface area contributed by atoms with E-state index in [1.54, 1.807) is 6.92 Å². The fraction of sp³-hybridized carbons (Fsp3) is 0.250. The molecule has 0 fully saturated rings. The minimum Gasteiger partial charge on any atom is -0.504 e. The Kier molecular flexibility index (Phi) is 1.40. The summed E-state index contributed by atoms with van der Waals surface area (Å²) >= 11 is 6.53. The van der Waals surface area contributed by atoms with E-state index in [1.807, 2.05) is 0 Å². The normalized spacial score (nSPS) is 9.75. The van der Waals surface area contributed by atoms with Crippen molar-refractivity contribution in [3.8, 4) is 5.75 Å². The Morgan fingerprint density at radius 1 is 1.75 bits per heavy atom. The lowest BCUT2D eigenvalue weighted by Crippen LogP contribution is -1.64. The first-order valence-electron chi connectivity index (χ1n) is 2.02. The molecule has 0 atom stereocenters. The van der Waals surface area contributed by atoms with Crippen molar-refractivity contribution in [2.45, 2.75) is 6.92 Å². The maximum atomic E-state index is 8.86. The molecule has 1 N–H and O–H groups in total. The molecule has 0 radical (unpaired) electrons. The number of halogens is 1. The van der Waals surface area contributed by atoms with Gasteiger partial charge < -0.3 is 5.11 Å². The number of nitrogens with zero attached hydrogens (tertiary/aromatic N) is 1. The van der Waals surface area contributed by atoms with Gasteiger partial charge in [0, 0.05) is 0 Å². The summed E-state index contributed by atoms with van der Waals surface area (Å²) in [6, 6.07) is 0. The highest BCUT2D eigenvalue weighted by atomic mass is 35.5. The van der Waals surface area contributed by atoms with Gasteiger partial charge in [0.25, 0.3) is 0 Å². The Labute approximate surface area is 55.9 Å². The SMILES string of the molecule is Cc1nsc(Cl)c1O. The van der Waals surface area contributed by atoms with Crippen molar-refractivity contribution in [3.05, 3.63) is 10.0 Å². The van der Waals surface area contributed by atoms with E-state index in [1.165, 1.54) is 0 Å². The van der Waals surface area contributed by atoms with Gasteiger partial charge in [-0.2, -0.15) is 4.37 Å². The predicted octanol–water partition coefficient (Wildman–Crippen LogP) is 1.81. The number of hydrogen-bond donors (Lipinski definition) is 1. The first kappa shape index (κ1) is 5.85. The maximum Gasteiger partial charge on any atom is 0.168 e. The lowest BCUT2D eigenvalue weighted by Gasteiger charge is -1.81. The molecule has 0 aromatic carbocycles. The predicted molar refractivity (Wildman–Crippen MR) is 33.5 cm³/mol. The van der Waals surface area contributed by atoms with Crippen molar-refractivity contribution < 1.29 is 5.11 Å². The molecule has 0 aliphatic carbocycles. The van der Waals surface area contributed by atoms with Gasteiger partial charge in [-0.25, -0.2) is 0 Å². The van der Waals surface area contributed by atoms with Gasteiger partial charge in [0.15, 0.2) is 10.1 Å². The largest absolute Gasteiger partial charge is 0.504 e. The standard InChI is InChI=1S/C4H4ClNOS/c1-2-3(7)4(5)8-6-2/h7H,1H3. The van der Waals surface area contributed by atoms with Crippen LogP contribution in [0.25, 0.3) is 0 Å². The molecule has 0 aliphatic rings. The van der Waals surface area contributed by atoms with E-state index in [4.69, 9.17) is 16.7 Å². The molecule has 4 heteroatoms. The zero-order chi connectivity index (χ0) is 6.15. The lowest BCUT2D eigenvalue weighted by molar-refractivity contribution is 0.472. The summed E-state index contributed by atoms with van der Waals surface area (Å²) in [7, 11) is 0. The van der Waals surface area contributed by atoms with E-state index in [2.05, 4.69) is 4.37 Å². The quantitative estimate of drug-likeness (QED) is 0.611. The van der Waals surface area contributed by atoms with Crippen molar-refractivity contribution in [2.75, 3.05) is 0 Å². The summed E-state index contributed by atoms with van der Waals surface area (Å²) in [5, 5.41) is 8.86. The monoisotopic (exact) mass is 149 g/mol. The van der Waals surface area contributed by atoms with Gasteiger partial charge in [0.05, 0.1) is 5.69 Å². The number of hydrogen-bond acceptors (Lipinski definition) is 3. The average molecular weight is 150 g/mol. The molecule has 0 spiro atoms. The maximum absolute atomic E-state index is 8.86. The third-order valence-electron chi connectivity index (χ3n) is 0.792. The van der Waals surface area contributed by atoms with Crippen LogP contribution < -0.4 is 0 Å². The fourth-order valence-corrected chi connectivity index (χ4v) is 1.12. The molecule has 0 unspecified atom stereocenters. The molecule has 1 heterocycles. The van der Waals surface area contributed by atoms with Gasteiger partial charge in [-0.1, -0.05) is 11.6 Å². The van der Waals surface area contributed by atoms with E-state index >= 15 is 0 Å². The Bertz CT molecular complexity index is 178. The highest BCUT2D eigenvalue weighted by molar-refractivity contribution is 7.11. The van der Waals surface area contributed by atoms with Crippen LogP contribution >= 0.6 is 23.1 Å². The molecule has 1 aromatic rings. The Balaban J connectivity index is 3.19. The van der Waals surface area contributed by atoms with E-state index in [0.29, 0.717) is 10.0 Å². The zero-order valence-electron chi connectivity index (χ0n) is 4.18. The van der Waals surface area contributed by atoms with E-state index in [-0.39, 0.29) is 5.75 Å². The second kappa shape index (κ2) is 1.91. The number of aromatic nitrogens is 1. The molecule has 1 rings (SSSR count). The van der Waals surface area contributed by atoms with Crippen LogP contribution in [0.5, 0.6) is 5.75 Å². The molecule has 0 saturated carbocycles. The molecule has 2 nitrogen and oxygen atoms in total. The van der Waals surface area contributed by atoms with Crippen molar-refractivity contribution >= 4 is 23.1 Å². The number of aryl methyl sites for hydroxylation is 1. The van der Waals surface area contributed by atoms with Crippen LogP contribution in [0, 0.1) is 6.92 Å². The number of rotatable bonds is 0. The van der Waals surface area contributed by atoms with Gasteiger partial charge in [0.1, 0.15) is 0 Å². The minimum atomic E-state index is 0.108. The van der Waals surface area contributed by atoms with Crippen LogP contribution in [0.4, 0.5) is 0 Å². The molecule has 0 saturated heterocycles. The van der Waals surface area contributed by atoms with E-state index in [0.717, 1.165) is 11.5 Å². The zero-order valence-corrected chi connectivity index (χ0v) is 5.75.